The van der Waals surface area contributed by atoms with Gasteiger partial charge in [0.1, 0.15) is 0 Å². The van der Waals surface area contributed by atoms with Crippen LogP contribution in [0, 0.1) is 6.92 Å². The van der Waals surface area contributed by atoms with Gasteiger partial charge in [-0.1, -0.05) is 0 Å². The molecule has 0 spiro atoms. The molecule has 0 saturated carbocycles. The van der Waals surface area contributed by atoms with Crippen LogP contribution in [-0.4, -0.2) is 24.2 Å². The predicted octanol–water partition coefficient (Wildman–Crippen LogP) is 0.270. The van der Waals surface area contributed by atoms with E-state index >= 15 is 0 Å². The number of ether oxygens (including phenoxy) is 2. The number of esters is 1. The highest BCUT2D eigenvalue weighted by Gasteiger charge is 2.14. The molecule has 0 N–H and O–H groups in total. The Bertz CT molecular complexity index is 306. The van der Waals surface area contributed by atoms with Crippen LogP contribution >= 0.6 is 0 Å². The van der Waals surface area contributed by atoms with Crippen LogP contribution in [-0.2, 0) is 14.3 Å². The van der Waals surface area contributed by atoms with Gasteiger partial charge >= 0.3 is 5.97 Å². The van der Waals surface area contributed by atoms with Gasteiger partial charge in [-0.05, 0) is 6.92 Å². The normalized spacial score (nSPS) is 9.31. The Morgan fingerprint density at radius 1 is 1.77 bits per heavy atom. The summed E-state index contributed by atoms with van der Waals surface area (Å²) in [6.07, 6.45) is 1.13. The van der Waals surface area contributed by atoms with E-state index in [0.717, 1.165) is 6.39 Å². The van der Waals surface area contributed by atoms with E-state index in [1.54, 1.807) is 6.92 Å². The summed E-state index contributed by atoms with van der Waals surface area (Å²) < 4.78 is 13.4. The first kappa shape index (κ1) is 9.24. The van der Waals surface area contributed by atoms with Crippen LogP contribution in [0.4, 0.5) is 0 Å². The van der Waals surface area contributed by atoms with Gasteiger partial charge in [-0.2, -0.15) is 0 Å². The molecule has 0 bridgehead atoms. The SMILES string of the molecule is Cc1ncoc1C(=O)OCOC=O. The van der Waals surface area contributed by atoms with E-state index < -0.39 is 12.8 Å². The van der Waals surface area contributed by atoms with E-state index in [1.165, 1.54) is 0 Å². The lowest BCUT2D eigenvalue weighted by atomic mass is 10.4. The largest absolute Gasteiger partial charge is 0.436 e. The molecule has 0 amide bonds. The van der Waals surface area contributed by atoms with Crippen molar-refractivity contribution >= 4 is 12.4 Å². The summed E-state index contributed by atoms with van der Waals surface area (Å²) in [5.41, 5.74) is 0.427. The third kappa shape index (κ3) is 2.29. The van der Waals surface area contributed by atoms with Gasteiger partial charge in [-0.15, -0.1) is 0 Å². The third-order valence-electron chi connectivity index (χ3n) is 1.26. The van der Waals surface area contributed by atoms with Crippen molar-refractivity contribution in [2.75, 3.05) is 6.79 Å². The van der Waals surface area contributed by atoms with Crippen molar-refractivity contribution in [3.63, 3.8) is 0 Å². The van der Waals surface area contributed by atoms with Gasteiger partial charge in [0, 0.05) is 0 Å². The molecular formula is C7H7NO5. The van der Waals surface area contributed by atoms with Gasteiger partial charge in [0.05, 0.1) is 5.69 Å². The Morgan fingerprint density at radius 3 is 3.08 bits per heavy atom. The van der Waals surface area contributed by atoms with Crippen LogP contribution in [0.5, 0.6) is 0 Å². The quantitative estimate of drug-likeness (QED) is 0.290. The number of rotatable bonds is 4. The molecule has 0 atom stereocenters. The summed E-state index contributed by atoms with van der Waals surface area (Å²) in [5.74, 6) is -0.702. The number of oxazole rings is 1. The standard InChI is InChI=1S/C7H7NO5/c1-5-6(12-2-8-5)7(10)13-4-11-3-9/h2-3H,4H2,1H3. The number of carbonyl (C=O) groups is 2. The molecule has 0 aliphatic carbocycles. The first-order chi connectivity index (χ1) is 6.25. The molecule has 1 heterocycles. The van der Waals surface area contributed by atoms with Crippen molar-refractivity contribution in [3.8, 4) is 0 Å². The zero-order chi connectivity index (χ0) is 9.68. The second-order valence-electron chi connectivity index (χ2n) is 2.08. The van der Waals surface area contributed by atoms with Crippen molar-refractivity contribution < 1.29 is 23.5 Å². The van der Waals surface area contributed by atoms with E-state index in [2.05, 4.69) is 14.5 Å². The maximum Gasteiger partial charge on any atom is 0.379 e. The topological polar surface area (TPSA) is 78.6 Å². The van der Waals surface area contributed by atoms with E-state index in [0.29, 0.717) is 5.69 Å². The molecule has 0 aliphatic rings. The zero-order valence-corrected chi connectivity index (χ0v) is 6.85. The molecule has 0 saturated heterocycles. The second-order valence-corrected chi connectivity index (χ2v) is 2.08. The Hall–Kier alpha value is -1.85. The average molecular weight is 185 g/mol. The molecule has 1 rings (SSSR count). The highest BCUT2D eigenvalue weighted by molar-refractivity contribution is 5.87. The minimum absolute atomic E-state index is 0.00880. The van der Waals surface area contributed by atoms with Gasteiger partial charge in [-0.25, -0.2) is 9.78 Å². The van der Waals surface area contributed by atoms with E-state index in [9.17, 15) is 9.59 Å². The summed E-state index contributed by atoms with van der Waals surface area (Å²) in [7, 11) is 0. The summed E-state index contributed by atoms with van der Waals surface area (Å²) in [4.78, 5) is 24.4. The van der Waals surface area contributed by atoms with Crippen LogP contribution in [0.1, 0.15) is 16.2 Å². The summed E-state index contributed by atoms with van der Waals surface area (Å²) in [6, 6.07) is 0. The molecule has 0 aromatic carbocycles. The highest BCUT2D eigenvalue weighted by atomic mass is 16.7. The summed E-state index contributed by atoms with van der Waals surface area (Å²) in [6.45, 7) is 1.35. The highest BCUT2D eigenvalue weighted by Crippen LogP contribution is 2.06. The Balaban J connectivity index is 2.49. The molecule has 6 heteroatoms. The number of hydrogen-bond acceptors (Lipinski definition) is 6. The molecular weight excluding hydrogens is 178 g/mol. The number of carbonyl (C=O) groups excluding carboxylic acids is 2. The van der Waals surface area contributed by atoms with E-state index in [1.807, 2.05) is 0 Å². The fraction of sp³-hybridized carbons (Fsp3) is 0.286. The van der Waals surface area contributed by atoms with Crippen LogP contribution in [0.3, 0.4) is 0 Å². The molecule has 70 valence electrons. The van der Waals surface area contributed by atoms with Crippen LogP contribution in [0.15, 0.2) is 10.8 Å². The van der Waals surface area contributed by atoms with Gasteiger partial charge in [0.15, 0.2) is 6.39 Å². The van der Waals surface area contributed by atoms with Crippen molar-refractivity contribution in [2.45, 2.75) is 6.92 Å². The van der Waals surface area contributed by atoms with Gasteiger partial charge in [-0.3, -0.25) is 4.79 Å². The first-order valence-corrected chi connectivity index (χ1v) is 3.38. The lowest BCUT2D eigenvalue weighted by Crippen LogP contribution is -2.08. The monoisotopic (exact) mass is 185 g/mol. The summed E-state index contributed by atoms with van der Waals surface area (Å²) in [5, 5.41) is 0. The minimum Gasteiger partial charge on any atom is -0.436 e. The van der Waals surface area contributed by atoms with Crippen LogP contribution in [0.2, 0.25) is 0 Å². The van der Waals surface area contributed by atoms with Crippen LogP contribution < -0.4 is 0 Å². The molecule has 0 unspecified atom stereocenters. The van der Waals surface area contributed by atoms with Crippen molar-refractivity contribution in [2.24, 2.45) is 0 Å². The minimum atomic E-state index is -0.711. The lowest BCUT2D eigenvalue weighted by molar-refractivity contribution is -0.136. The van der Waals surface area contributed by atoms with Gasteiger partial charge < -0.3 is 13.9 Å². The van der Waals surface area contributed by atoms with E-state index in [-0.39, 0.29) is 12.2 Å². The molecule has 1 aromatic rings. The Labute approximate surface area is 73.5 Å². The van der Waals surface area contributed by atoms with Gasteiger partial charge in [0.2, 0.25) is 12.6 Å². The molecule has 0 aliphatic heterocycles. The number of nitrogens with zero attached hydrogens (tertiary/aromatic N) is 1. The first-order valence-electron chi connectivity index (χ1n) is 3.38. The average Bonchev–Trinajstić information content (AvgIpc) is 2.52. The fourth-order valence-electron chi connectivity index (χ4n) is 0.679. The second kappa shape index (κ2) is 4.24. The molecule has 0 fully saturated rings. The third-order valence-corrected chi connectivity index (χ3v) is 1.26. The Kier molecular flexibility index (Phi) is 3.02. The molecule has 6 nitrogen and oxygen atoms in total. The van der Waals surface area contributed by atoms with Gasteiger partial charge in [0.25, 0.3) is 6.47 Å². The molecule has 13 heavy (non-hydrogen) atoms. The molecule has 1 aromatic heterocycles. The Morgan fingerprint density at radius 2 is 2.54 bits per heavy atom. The predicted molar refractivity (Wildman–Crippen MR) is 38.7 cm³/mol. The van der Waals surface area contributed by atoms with Crippen LogP contribution in [0.25, 0.3) is 0 Å². The number of aromatic nitrogens is 1. The smallest absolute Gasteiger partial charge is 0.379 e. The maximum absolute atomic E-state index is 11.0. The van der Waals surface area contributed by atoms with Crippen molar-refractivity contribution in [1.29, 1.82) is 0 Å². The number of hydrogen-bond donors (Lipinski definition) is 0. The summed E-state index contributed by atoms with van der Waals surface area (Å²) >= 11 is 0. The lowest BCUT2D eigenvalue weighted by Gasteiger charge is -1.99. The van der Waals surface area contributed by atoms with E-state index in [4.69, 9.17) is 4.42 Å². The molecule has 0 radical (unpaired) electrons. The van der Waals surface area contributed by atoms with Crippen molar-refractivity contribution in [1.82, 2.24) is 4.98 Å². The van der Waals surface area contributed by atoms with Crippen molar-refractivity contribution in [3.05, 3.63) is 17.8 Å². The maximum atomic E-state index is 11.0. The zero-order valence-electron chi connectivity index (χ0n) is 6.85. The fourth-order valence-corrected chi connectivity index (χ4v) is 0.679. The number of aryl methyl sites for hydroxylation is 1.